The lowest BCUT2D eigenvalue weighted by atomic mass is 10.2. The van der Waals surface area contributed by atoms with Crippen molar-refractivity contribution in [1.29, 1.82) is 0 Å². The molecule has 22 heavy (non-hydrogen) atoms. The van der Waals surface area contributed by atoms with E-state index in [0.717, 1.165) is 0 Å². The van der Waals surface area contributed by atoms with Gasteiger partial charge in [0.15, 0.2) is 0 Å². The molecule has 0 aliphatic rings. The van der Waals surface area contributed by atoms with E-state index in [4.69, 9.17) is 18.0 Å². The van der Waals surface area contributed by atoms with E-state index in [9.17, 15) is 20.2 Å². The molecule has 112 valence electrons. The summed E-state index contributed by atoms with van der Waals surface area (Å²) in [5, 5.41) is 24.2. The predicted molar refractivity (Wildman–Crippen MR) is 85.9 cm³/mol. The Balaban J connectivity index is 2.23. The molecule has 2 aromatic carbocycles. The summed E-state index contributed by atoms with van der Waals surface area (Å²) in [5.41, 5.74) is 6.71. The van der Waals surface area contributed by atoms with Gasteiger partial charge in [0.2, 0.25) is 0 Å². The molecule has 0 aliphatic heterocycles. The molecule has 0 aromatic heterocycles. The van der Waals surface area contributed by atoms with Gasteiger partial charge in [0.25, 0.3) is 11.4 Å². The minimum Gasteiger partial charge on any atom is -0.397 e. The summed E-state index contributed by atoms with van der Waals surface area (Å²) in [6.07, 6.45) is 0. The molecule has 0 radical (unpaired) electrons. The lowest BCUT2D eigenvalue weighted by Gasteiger charge is -2.10. The largest absolute Gasteiger partial charge is 0.397 e. The molecule has 0 saturated heterocycles. The molecule has 0 aliphatic carbocycles. The molecule has 0 unspecified atom stereocenters. The van der Waals surface area contributed by atoms with Crippen LogP contribution in [0.5, 0.6) is 0 Å². The van der Waals surface area contributed by atoms with Gasteiger partial charge in [-0.1, -0.05) is 12.2 Å². The highest BCUT2D eigenvalue weighted by Gasteiger charge is 2.12. The Morgan fingerprint density at radius 3 is 2.09 bits per heavy atom. The van der Waals surface area contributed by atoms with Gasteiger partial charge in [-0.3, -0.25) is 20.2 Å². The van der Waals surface area contributed by atoms with Crippen LogP contribution in [-0.4, -0.2) is 14.8 Å². The highest BCUT2D eigenvalue weighted by atomic mass is 32.1. The molecule has 2 aromatic rings. The fraction of sp³-hybridized carbons (Fsp3) is 0. The number of benzene rings is 2. The SMILES string of the molecule is Nc1ccc([N+](=O)[O-])cc1NC(=S)c1ccc([N+](=O)[O-])cc1. The van der Waals surface area contributed by atoms with Gasteiger partial charge in [-0.25, -0.2) is 0 Å². The first-order valence-corrected chi connectivity index (χ1v) is 6.39. The molecule has 0 bridgehead atoms. The van der Waals surface area contributed by atoms with Crippen molar-refractivity contribution < 1.29 is 9.85 Å². The maximum Gasteiger partial charge on any atom is 0.271 e. The van der Waals surface area contributed by atoms with E-state index < -0.39 is 9.85 Å². The van der Waals surface area contributed by atoms with Crippen LogP contribution in [0, 0.1) is 20.2 Å². The molecule has 2 rings (SSSR count). The van der Waals surface area contributed by atoms with Crippen LogP contribution >= 0.6 is 12.2 Å². The van der Waals surface area contributed by atoms with E-state index in [1.165, 1.54) is 42.5 Å². The maximum atomic E-state index is 10.8. The summed E-state index contributed by atoms with van der Waals surface area (Å²) in [5.74, 6) is 0. The van der Waals surface area contributed by atoms with Crippen LogP contribution in [0.15, 0.2) is 42.5 Å². The molecule has 8 nitrogen and oxygen atoms in total. The molecule has 0 spiro atoms. The second-order valence-corrected chi connectivity index (χ2v) is 4.70. The van der Waals surface area contributed by atoms with E-state index in [1.54, 1.807) is 0 Å². The van der Waals surface area contributed by atoms with Gasteiger partial charge >= 0.3 is 0 Å². The van der Waals surface area contributed by atoms with Gasteiger partial charge in [0.1, 0.15) is 4.99 Å². The minimum atomic E-state index is -0.542. The number of nitro groups is 2. The zero-order valence-electron chi connectivity index (χ0n) is 11.1. The summed E-state index contributed by atoms with van der Waals surface area (Å²) >= 11 is 5.17. The Bertz CT molecular complexity index is 761. The molecule has 0 heterocycles. The summed E-state index contributed by atoms with van der Waals surface area (Å²) in [7, 11) is 0. The number of nitro benzene ring substituents is 2. The summed E-state index contributed by atoms with van der Waals surface area (Å²) < 4.78 is 0. The molecule has 0 fully saturated rings. The van der Waals surface area contributed by atoms with Crippen LogP contribution in [0.3, 0.4) is 0 Å². The van der Waals surface area contributed by atoms with E-state index in [2.05, 4.69) is 5.32 Å². The summed E-state index contributed by atoms with van der Waals surface area (Å²) in [4.78, 5) is 20.6. The number of rotatable bonds is 4. The molecule has 0 amide bonds. The molecule has 3 N–H and O–H groups in total. The predicted octanol–water partition coefficient (Wildman–Crippen LogP) is 2.87. The fourth-order valence-corrected chi connectivity index (χ4v) is 1.94. The second-order valence-electron chi connectivity index (χ2n) is 4.29. The Labute approximate surface area is 129 Å². The number of nitrogens with two attached hydrogens (primary N) is 1. The van der Waals surface area contributed by atoms with Crippen LogP contribution in [0.4, 0.5) is 22.7 Å². The number of anilines is 2. The second kappa shape index (κ2) is 6.14. The average molecular weight is 318 g/mol. The smallest absolute Gasteiger partial charge is 0.271 e. The van der Waals surface area contributed by atoms with Crippen molar-refractivity contribution in [3.05, 3.63) is 68.3 Å². The highest BCUT2D eigenvalue weighted by molar-refractivity contribution is 7.81. The van der Waals surface area contributed by atoms with Crippen LogP contribution in [0.2, 0.25) is 0 Å². The lowest BCUT2D eigenvalue weighted by molar-refractivity contribution is -0.385. The van der Waals surface area contributed by atoms with Crippen LogP contribution < -0.4 is 11.1 Å². The zero-order chi connectivity index (χ0) is 16.3. The van der Waals surface area contributed by atoms with Crippen molar-refractivity contribution >= 4 is 40.0 Å². The van der Waals surface area contributed by atoms with Crippen molar-refractivity contribution in [1.82, 2.24) is 0 Å². The van der Waals surface area contributed by atoms with E-state index >= 15 is 0 Å². The van der Waals surface area contributed by atoms with Gasteiger partial charge < -0.3 is 11.1 Å². The molecule has 9 heteroatoms. The van der Waals surface area contributed by atoms with Crippen molar-refractivity contribution in [2.45, 2.75) is 0 Å². The number of hydrogen-bond donors (Lipinski definition) is 2. The third kappa shape index (κ3) is 3.33. The number of thiocarbonyl (C=S) groups is 1. The zero-order valence-corrected chi connectivity index (χ0v) is 11.9. The van der Waals surface area contributed by atoms with Gasteiger partial charge in [0.05, 0.1) is 21.2 Å². The summed E-state index contributed by atoms with van der Waals surface area (Å²) in [6, 6.07) is 9.57. The maximum absolute atomic E-state index is 10.8. The van der Waals surface area contributed by atoms with E-state index in [1.807, 2.05) is 0 Å². The van der Waals surface area contributed by atoms with E-state index in [0.29, 0.717) is 16.9 Å². The van der Waals surface area contributed by atoms with Crippen LogP contribution in [0.1, 0.15) is 5.56 Å². The topological polar surface area (TPSA) is 124 Å². The summed E-state index contributed by atoms with van der Waals surface area (Å²) in [6.45, 7) is 0. The molecule has 0 saturated carbocycles. The Kier molecular flexibility index (Phi) is 4.28. The number of nitrogens with one attached hydrogen (secondary N) is 1. The highest BCUT2D eigenvalue weighted by Crippen LogP contribution is 2.25. The Hall–Kier alpha value is -3.07. The van der Waals surface area contributed by atoms with Crippen LogP contribution in [0.25, 0.3) is 0 Å². The molecule has 0 atom stereocenters. The van der Waals surface area contributed by atoms with Gasteiger partial charge in [-0.15, -0.1) is 0 Å². The Morgan fingerprint density at radius 1 is 1.00 bits per heavy atom. The van der Waals surface area contributed by atoms with Crippen molar-refractivity contribution in [3.8, 4) is 0 Å². The fourth-order valence-electron chi connectivity index (χ4n) is 1.70. The first kappa shape index (κ1) is 15.3. The monoisotopic (exact) mass is 318 g/mol. The van der Waals surface area contributed by atoms with Gasteiger partial charge in [0, 0.05) is 29.8 Å². The number of nitrogen functional groups attached to an aromatic ring is 1. The third-order valence-electron chi connectivity index (χ3n) is 2.84. The third-order valence-corrected chi connectivity index (χ3v) is 3.17. The van der Waals surface area contributed by atoms with Gasteiger partial charge in [-0.05, 0) is 18.2 Å². The minimum absolute atomic E-state index is 0.0542. The normalized spacial score (nSPS) is 10.0. The number of nitrogens with zero attached hydrogens (tertiary/aromatic N) is 2. The lowest BCUT2D eigenvalue weighted by Crippen LogP contribution is -2.12. The van der Waals surface area contributed by atoms with Gasteiger partial charge in [-0.2, -0.15) is 0 Å². The average Bonchev–Trinajstić information content (AvgIpc) is 2.49. The molecular formula is C13H10N4O4S. The quantitative estimate of drug-likeness (QED) is 0.384. The number of hydrogen-bond acceptors (Lipinski definition) is 6. The van der Waals surface area contributed by atoms with E-state index in [-0.39, 0.29) is 16.4 Å². The van der Waals surface area contributed by atoms with Crippen LogP contribution in [-0.2, 0) is 0 Å². The Morgan fingerprint density at radius 2 is 1.55 bits per heavy atom. The van der Waals surface area contributed by atoms with Crippen molar-refractivity contribution in [3.63, 3.8) is 0 Å². The standard InChI is InChI=1S/C13H10N4O4S/c14-11-6-5-10(17(20)21)7-12(11)15-13(22)8-1-3-9(4-2-8)16(18)19/h1-7H,14H2,(H,15,22). The first-order valence-electron chi connectivity index (χ1n) is 5.98. The number of non-ortho nitro benzene ring substituents is 2. The van der Waals surface area contributed by atoms with Crippen molar-refractivity contribution in [2.24, 2.45) is 0 Å². The van der Waals surface area contributed by atoms with Crippen molar-refractivity contribution in [2.75, 3.05) is 11.1 Å². The molecular weight excluding hydrogens is 308 g/mol. The first-order chi connectivity index (χ1) is 10.4.